The van der Waals surface area contributed by atoms with E-state index in [1.165, 1.54) is 18.1 Å². The minimum Gasteiger partial charge on any atom is -0.481 e. The van der Waals surface area contributed by atoms with Crippen LogP contribution in [0.5, 0.6) is 0 Å². The maximum atomic E-state index is 10.5. The highest BCUT2D eigenvalue weighted by Crippen LogP contribution is 2.18. The van der Waals surface area contributed by atoms with E-state index in [4.69, 9.17) is 5.11 Å². The van der Waals surface area contributed by atoms with Crippen LogP contribution in [0.2, 0.25) is 0 Å². The number of thioether (sulfide) groups is 1. The zero-order valence-electron chi connectivity index (χ0n) is 8.10. The van der Waals surface area contributed by atoms with Crippen molar-refractivity contribution in [2.24, 2.45) is 5.92 Å². The predicted molar refractivity (Wildman–Crippen MR) is 54.3 cm³/mol. The van der Waals surface area contributed by atoms with Gasteiger partial charge in [-0.2, -0.15) is 0 Å². The van der Waals surface area contributed by atoms with E-state index >= 15 is 0 Å². The van der Waals surface area contributed by atoms with Gasteiger partial charge in [-0.15, -0.1) is 11.8 Å². The first-order valence-corrected chi connectivity index (χ1v) is 5.22. The number of carboxylic acids is 1. The third-order valence-electron chi connectivity index (χ3n) is 1.68. The molecule has 4 nitrogen and oxygen atoms in total. The van der Waals surface area contributed by atoms with Gasteiger partial charge in [0, 0.05) is 11.4 Å². The quantitative estimate of drug-likeness (QED) is 0.606. The Bertz CT molecular complexity index is 330. The standard InChI is InChI=1S/C9H12N2O2S/c1-6(9(12)13)4-14-8-3-7(2)10-5-11-8/h3,5-6H,4H2,1-2H3,(H,12,13). The van der Waals surface area contributed by atoms with E-state index in [9.17, 15) is 4.79 Å². The lowest BCUT2D eigenvalue weighted by atomic mass is 10.2. The summed E-state index contributed by atoms with van der Waals surface area (Å²) >= 11 is 1.44. The molecule has 1 aromatic heterocycles. The maximum Gasteiger partial charge on any atom is 0.307 e. The van der Waals surface area contributed by atoms with Crippen molar-refractivity contribution in [3.05, 3.63) is 18.1 Å². The summed E-state index contributed by atoms with van der Waals surface area (Å²) in [6, 6.07) is 1.85. The molecule has 0 radical (unpaired) electrons. The van der Waals surface area contributed by atoms with Gasteiger partial charge in [0.1, 0.15) is 6.33 Å². The van der Waals surface area contributed by atoms with Crippen molar-refractivity contribution in [2.45, 2.75) is 18.9 Å². The van der Waals surface area contributed by atoms with Crippen molar-refractivity contribution in [3.63, 3.8) is 0 Å². The molecular formula is C9H12N2O2S. The van der Waals surface area contributed by atoms with Crippen LogP contribution in [0.3, 0.4) is 0 Å². The molecular weight excluding hydrogens is 200 g/mol. The molecule has 0 aliphatic rings. The van der Waals surface area contributed by atoms with Gasteiger partial charge in [0.25, 0.3) is 0 Å². The van der Waals surface area contributed by atoms with Crippen molar-refractivity contribution in [1.82, 2.24) is 9.97 Å². The van der Waals surface area contributed by atoms with Gasteiger partial charge in [0.05, 0.1) is 10.9 Å². The minimum absolute atomic E-state index is 0.352. The van der Waals surface area contributed by atoms with Crippen LogP contribution in [-0.2, 0) is 4.79 Å². The van der Waals surface area contributed by atoms with Gasteiger partial charge in [-0.25, -0.2) is 9.97 Å². The zero-order valence-corrected chi connectivity index (χ0v) is 8.91. The van der Waals surface area contributed by atoms with Crippen LogP contribution in [0, 0.1) is 12.8 Å². The number of hydrogen-bond donors (Lipinski definition) is 1. The first-order chi connectivity index (χ1) is 6.59. The Morgan fingerprint density at radius 2 is 2.36 bits per heavy atom. The molecule has 0 aromatic carbocycles. The SMILES string of the molecule is Cc1cc(SCC(C)C(=O)O)ncn1. The molecule has 0 aliphatic carbocycles. The molecule has 0 bridgehead atoms. The number of hydrogen-bond acceptors (Lipinski definition) is 4. The average molecular weight is 212 g/mol. The number of rotatable bonds is 4. The molecule has 1 aromatic rings. The van der Waals surface area contributed by atoms with E-state index < -0.39 is 5.97 Å². The molecule has 0 saturated heterocycles. The largest absolute Gasteiger partial charge is 0.481 e. The normalized spacial score (nSPS) is 12.4. The molecule has 1 atom stereocenters. The second kappa shape index (κ2) is 4.95. The molecule has 1 unspecified atom stereocenters. The summed E-state index contributed by atoms with van der Waals surface area (Å²) in [7, 11) is 0. The van der Waals surface area contributed by atoms with Crippen molar-refractivity contribution in [3.8, 4) is 0 Å². The Morgan fingerprint density at radius 3 is 2.93 bits per heavy atom. The highest BCUT2D eigenvalue weighted by Gasteiger charge is 2.11. The second-order valence-electron chi connectivity index (χ2n) is 3.05. The molecule has 0 fully saturated rings. The lowest BCUT2D eigenvalue weighted by Gasteiger charge is -2.04. The van der Waals surface area contributed by atoms with E-state index in [0.717, 1.165) is 10.7 Å². The van der Waals surface area contributed by atoms with Gasteiger partial charge in [-0.05, 0) is 13.0 Å². The van der Waals surface area contributed by atoms with Crippen LogP contribution < -0.4 is 0 Å². The molecule has 1 heterocycles. The van der Waals surface area contributed by atoms with Crippen LogP contribution in [-0.4, -0.2) is 26.8 Å². The van der Waals surface area contributed by atoms with E-state index in [1.807, 2.05) is 13.0 Å². The summed E-state index contributed by atoms with van der Waals surface area (Å²) in [5.74, 6) is -0.593. The molecule has 0 amide bonds. The molecule has 0 saturated carbocycles. The predicted octanol–water partition coefficient (Wildman–Crippen LogP) is 1.60. The number of aliphatic carboxylic acids is 1. The lowest BCUT2D eigenvalue weighted by Crippen LogP contribution is -2.11. The average Bonchev–Trinajstić information content (AvgIpc) is 2.14. The van der Waals surface area contributed by atoms with Crippen molar-refractivity contribution in [2.75, 3.05) is 5.75 Å². The van der Waals surface area contributed by atoms with E-state index in [-0.39, 0.29) is 5.92 Å². The highest BCUT2D eigenvalue weighted by molar-refractivity contribution is 7.99. The van der Waals surface area contributed by atoms with Gasteiger partial charge in [0.15, 0.2) is 0 Å². The molecule has 76 valence electrons. The first-order valence-electron chi connectivity index (χ1n) is 4.24. The summed E-state index contributed by atoms with van der Waals surface area (Å²) in [6.45, 7) is 3.57. The first kappa shape index (κ1) is 11.0. The van der Waals surface area contributed by atoms with Crippen LogP contribution >= 0.6 is 11.8 Å². The maximum absolute atomic E-state index is 10.5. The Labute approximate surface area is 86.8 Å². The van der Waals surface area contributed by atoms with Crippen molar-refractivity contribution < 1.29 is 9.90 Å². The van der Waals surface area contributed by atoms with E-state index in [1.54, 1.807) is 6.92 Å². The fraction of sp³-hybridized carbons (Fsp3) is 0.444. The molecule has 0 aliphatic heterocycles. The molecule has 1 N–H and O–H groups in total. The number of nitrogens with zero attached hydrogens (tertiary/aromatic N) is 2. The third kappa shape index (κ3) is 3.33. The Morgan fingerprint density at radius 1 is 1.64 bits per heavy atom. The summed E-state index contributed by atoms with van der Waals surface area (Å²) < 4.78 is 0. The lowest BCUT2D eigenvalue weighted by molar-refractivity contribution is -0.140. The van der Waals surface area contributed by atoms with Crippen molar-refractivity contribution >= 4 is 17.7 Å². The van der Waals surface area contributed by atoms with Crippen LogP contribution in [0.1, 0.15) is 12.6 Å². The van der Waals surface area contributed by atoms with Crippen molar-refractivity contribution in [1.29, 1.82) is 0 Å². The summed E-state index contributed by atoms with van der Waals surface area (Å²) in [4.78, 5) is 18.5. The number of aryl methyl sites for hydroxylation is 1. The molecule has 1 rings (SSSR count). The topological polar surface area (TPSA) is 63.1 Å². The fourth-order valence-electron chi connectivity index (χ4n) is 0.791. The second-order valence-corrected chi connectivity index (χ2v) is 4.09. The van der Waals surface area contributed by atoms with Gasteiger partial charge >= 0.3 is 5.97 Å². The molecule has 0 spiro atoms. The highest BCUT2D eigenvalue weighted by atomic mass is 32.2. The summed E-state index contributed by atoms with van der Waals surface area (Å²) in [5.41, 5.74) is 0.894. The minimum atomic E-state index is -0.775. The van der Waals surface area contributed by atoms with Crippen LogP contribution in [0.15, 0.2) is 17.4 Å². The van der Waals surface area contributed by atoms with Gasteiger partial charge in [0.2, 0.25) is 0 Å². The monoisotopic (exact) mass is 212 g/mol. The summed E-state index contributed by atoms with van der Waals surface area (Å²) in [6.07, 6.45) is 1.49. The third-order valence-corrected chi connectivity index (χ3v) is 2.87. The Balaban J connectivity index is 2.49. The number of carboxylic acid groups (broad SMARTS) is 1. The van der Waals surface area contributed by atoms with E-state index in [0.29, 0.717) is 5.75 Å². The fourth-order valence-corrected chi connectivity index (χ4v) is 1.73. The van der Waals surface area contributed by atoms with Crippen LogP contribution in [0.4, 0.5) is 0 Å². The number of aromatic nitrogens is 2. The Hall–Kier alpha value is -1.10. The molecule has 14 heavy (non-hydrogen) atoms. The number of carbonyl (C=O) groups is 1. The van der Waals surface area contributed by atoms with E-state index in [2.05, 4.69) is 9.97 Å². The van der Waals surface area contributed by atoms with Crippen LogP contribution in [0.25, 0.3) is 0 Å². The molecule has 5 heteroatoms. The van der Waals surface area contributed by atoms with Gasteiger partial charge in [-0.3, -0.25) is 4.79 Å². The smallest absolute Gasteiger partial charge is 0.307 e. The Kier molecular flexibility index (Phi) is 3.88. The summed E-state index contributed by atoms with van der Waals surface area (Å²) in [5, 5.41) is 9.49. The zero-order chi connectivity index (χ0) is 10.6. The van der Waals surface area contributed by atoms with Gasteiger partial charge < -0.3 is 5.11 Å². The van der Waals surface area contributed by atoms with Gasteiger partial charge in [-0.1, -0.05) is 6.92 Å².